The molecule has 1 aromatic carbocycles. The zero-order chi connectivity index (χ0) is 18.9. The molecule has 140 valence electrons. The number of aromatic nitrogens is 2. The molecule has 26 heavy (non-hydrogen) atoms. The van der Waals surface area contributed by atoms with Crippen LogP contribution in [0.2, 0.25) is 0 Å². The second-order valence-electron chi connectivity index (χ2n) is 6.35. The Kier molecular flexibility index (Phi) is 5.09. The van der Waals surface area contributed by atoms with Crippen LogP contribution in [0.1, 0.15) is 25.5 Å². The van der Waals surface area contributed by atoms with Crippen molar-refractivity contribution in [3.8, 4) is 5.75 Å². The second kappa shape index (κ2) is 7.15. The van der Waals surface area contributed by atoms with Crippen LogP contribution in [0.4, 0.5) is 13.2 Å². The minimum Gasteiger partial charge on any atom is -0.490 e. The van der Waals surface area contributed by atoms with E-state index in [9.17, 15) is 13.2 Å². The van der Waals surface area contributed by atoms with Gasteiger partial charge in [0.15, 0.2) is 6.10 Å². The van der Waals surface area contributed by atoms with E-state index in [1.54, 1.807) is 18.3 Å². The molecule has 4 nitrogen and oxygen atoms in total. The van der Waals surface area contributed by atoms with Crippen molar-refractivity contribution < 1.29 is 23.0 Å². The third-order valence-electron chi connectivity index (χ3n) is 4.45. The predicted molar refractivity (Wildman–Crippen MR) is 94.4 cm³/mol. The molecule has 1 atom stereocenters. The molecule has 3 rings (SSSR count). The summed E-state index contributed by atoms with van der Waals surface area (Å²) in [7, 11) is 0. The van der Waals surface area contributed by atoms with Crippen LogP contribution in [0.3, 0.4) is 0 Å². The van der Waals surface area contributed by atoms with Crippen LogP contribution in [0, 0.1) is 6.92 Å². The lowest BCUT2D eigenvalue weighted by atomic mass is 10.1. The molecule has 0 aliphatic heterocycles. The van der Waals surface area contributed by atoms with Gasteiger partial charge >= 0.3 is 6.18 Å². The van der Waals surface area contributed by atoms with Crippen molar-refractivity contribution >= 4 is 21.8 Å². The van der Waals surface area contributed by atoms with Gasteiger partial charge in [-0.15, -0.1) is 0 Å². The summed E-state index contributed by atoms with van der Waals surface area (Å²) >= 11 is 0. The molecule has 0 saturated heterocycles. The SMILES string of the molecule is CCCCn1c2cc(OCC(O)C(F)(F)F)ccc2c2ccnc(C)c21. The summed E-state index contributed by atoms with van der Waals surface area (Å²) in [5.74, 6) is 0.298. The van der Waals surface area contributed by atoms with Gasteiger partial charge in [-0.25, -0.2) is 0 Å². The Bertz CT molecular complexity index is 918. The van der Waals surface area contributed by atoms with Crippen LogP contribution in [0.5, 0.6) is 5.75 Å². The number of hydrogen-bond acceptors (Lipinski definition) is 3. The van der Waals surface area contributed by atoms with E-state index in [0.717, 1.165) is 46.9 Å². The highest BCUT2D eigenvalue weighted by molar-refractivity contribution is 6.09. The smallest absolute Gasteiger partial charge is 0.417 e. The van der Waals surface area contributed by atoms with Crippen LogP contribution < -0.4 is 4.74 Å². The van der Waals surface area contributed by atoms with Crippen LogP contribution >= 0.6 is 0 Å². The highest BCUT2D eigenvalue weighted by Crippen LogP contribution is 2.33. The average molecular weight is 366 g/mol. The molecule has 0 radical (unpaired) electrons. The molecule has 7 heteroatoms. The largest absolute Gasteiger partial charge is 0.490 e. The molecule has 0 spiro atoms. The van der Waals surface area contributed by atoms with Crippen LogP contribution in [0.15, 0.2) is 30.5 Å². The van der Waals surface area contributed by atoms with Gasteiger partial charge in [0.05, 0.1) is 16.7 Å². The molecule has 0 amide bonds. The van der Waals surface area contributed by atoms with E-state index in [4.69, 9.17) is 9.84 Å². The Balaban J connectivity index is 2.02. The fourth-order valence-corrected chi connectivity index (χ4v) is 3.11. The van der Waals surface area contributed by atoms with Crippen molar-refractivity contribution in [2.45, 2.75) is 45.5 Å². The zero-order valence-electron chi connectivity index (χ0n) is 14.7. The van der Waals surface area contributed by atoms with E-state index < -0.39 is 18.9 Å². The first-order chi connectivity index (χ1) is 12.3. The number of aryl methyl sites for hydroxylation is 2. The number of benzene rings is 1. The molecular weight excluding hydrogens is 345 g/mol. The number of rotatable bonds is 6. The lowest BCUT2D eigenvalue weighted by Crippen LogP contribution is -2.34. The molecule has 0 aliphatic carbocycles. The summed E-state index contributed by atoms with van der Waals surface area (Å²) in [4.78, 5) is 4.37. The fraction of sp³-hybridized carbons (Fsp3) is 0.421. The second-order valence-corrected chi connectivity index (χ2v) is 6.35. The molecule has 0 aliphatic rings. The maximum Gasteiger partial charge on any atom is 0.417 e. The predicted octanol–water partition coefficient (Wildman–Crippen LogP) is 4.60. The van der Waals surface area contributed by atoms with Gasteiger partial charge in [0.2, 0.25) is 0 Å². The van der Waals surface area contributed by atoms with Crippen molar-refractivity contribution in [1.82, 2.24) is 9.55 Å². The first kappa shape index (κ1) is 18.5. The lowest BCUT2D eigenvalue weighted by Gasteiger charge is -2.15. The molecule has 1 N–H and O–H groups in total. The van der Waals surface area contributed by atoms with Gasteiger partial charge in [0, 0.05) is 29.6 Å². The van der Waals surface area contributed by atoms with Crippen molar-refractivity contribution in [3.05, 3.63) is 36.2 Å². The normalized spacial score (nSPS) is 13.5. The van der Waals surface area contributed by atoms with Crippen molar-refractivity contribution in [2.24, 2.45) is 0 Å². The molecular formula is C19H21F3N2O2. The van der Waals surface area contributed by atoms with Crippen LogP contribution in [-0.2, 0) is 6.54 Å². The summed E-state index contributed by atoms with van der Waals surface area (Å²) in [6.45, 7) is 4.01. The molecule has 0 bridgehead atoms. The number of nitrogens with zero attached hydrogens (tertiary/aromatic N) is 2. The van der Waals surface area contributed by atoms with E-state index in [1.165, 1.54) is 0 Å². The molecule has 3 aromatic rings. The van der Waals surface area contributed by atoms with Gasteiger partial charge in [-0.05, 0) is 31.5 Å². The summed E-state index contributed by atoms with van der Waals surface area (Å²) < 4.78 is 44.7. The Labute approximate surface area is 149 Å². The maximum atomic E-state index is 12.5. The number of halogens is 3. The van der Waals surface area contributed by atoms with E-state index in [2.05, 4.69) is 16.5 Å². The van der Waals surface area contributed by atoms with Crippen molar-refractivity contribution in [3.63, 3.8) is 0 Å². The number of fused-ring (bicyclic) bond motifs is 3. The van der Waals surface area contributed by atoms with Crippen LogP contribution in [0.25, 0.3) is 21.8 Å². The Hall–Kier alpha value is -2.28. The van der Waals surface area contributed by atoms with Gasteiger partial charge in [0.1, 0.15) is 12.4 Å². The van der Waals surface area contributed by atoms with E-state index >= 15 is 0 Å². The number of ether oxygens (including phenoxy) is 1. The topological polar surface area (TPSA) is 47.3 Å². The number of alkyl halides is 3. The summed E-state index contributed by atoms with van der Waals surface area (Å²) in [6.07, 6.45) is -3.44. The number of hydrogen-bond donors (Lipinski definition) is 1. The van der Waals surface area contributed by atoms with Gasteiger partial charge < -0.3 is 14.4 Å². The molecule has 0 saturated carbocycles. The highest BCUT2D eigenvalue weighted by Gasteiger charge is 2.38. The average Bonchev–Trinajstić information content (AvgIpc) is 2.91. The molecule has 2 heterocycles. The summed E-state index contributed by atoms with van der Waals surface area (Å²) in [5, 5.41) is 11.2. The van der Waals surface area contributed by atoms with Crippen molar-refractivity contribution in [1.29, 1.82) is 0 Å². The Morgan fingerprint density at radius 2 is 2.00 bits per heavy atom. The number of unbranched alkanes of at least 4 members (excludes halogenated alkanes) is 1. The van der Waals surface area contributed by atoms with E-state index in [-0.39, 0.29) is 0 Å². The summed E-state index contributed by atoms with van der Waals surface area (Å²) in [5.41, 5.74) is 2.83. The Morgan fingerprint density at radius 1 is 1.23 bits per heavy atom. The van der Waals surface area contributed by atoms with Gasteiger partial charge in [-0.2, -0.15) is 13.2 Å². The van der Waals surface area contributed by atoms with Gasteiger partial charge in [-0.1, -0.05) is 13.3 Å². The number of aliphatic hydroxyl groups excluding tert-OH is 1. The summed E-state index contributed by atoms with van der Waals surface area (Å²) in [6, 6.07) is 7.15. The minimum absolute atomic E-state index is 0.298. The standard InChI is InChI=1S/C19H21F3N2O2/c1-3-4-9-24-16-10-13(26-11-17(25)19(20,21)22)5-6-14(16)15-7-8-23-12(2)18(15)24/h5-8,10,17,25H,3-4,9,11H2,1-2H3. The maximum absolute atomic E-state index is 12.5. The van der Waals surface area contributed by atoms with Crippen LogP contribution in [-0.4, -0.2) is 33.5 Å². The van der Waals surface area contributed by atoms with Gasteiger partial charge in [0.25, 0.3) is 0 Å². The third kappa shape index (κ3) is 3.49. The van der Waals surface area contributed by atoms with E-state index in [1.807, 2.05) is 19.1 Å². The third-order valence-corrected chi connectivity index (χ3v) is 4.45. The minimum atomic E-state index is -4.69. The number of pyridine rings is 1. The molecule has 0 fully saturated rings. The molecule has 1 unspecified atom stereocenters. The van der Waals surface area contributed by atoms with Crippen molar-refractivity contribution in [2.75, 3.05) is 6.61 Å². The first-order valence-electron chi connectivity index (χ1n) is 8.58. The highest BCUT2D eigenvalue weighted by atomic mass is 19.4. The molecule has 2 aromatic heterocycles. The quantitative estimate of drug-likeness (QED) is 0.694. The van der Waals surface area contributed by atoms with Gasteiger partial charge in [-0.3, -0.25) is 4.98 Å². The monoisotopic (exact) mass is 366 g/mol. The zero-order valence-corrected chi connectivity index (χ0v) is 14.7. The Morgan fingerprint density at radius 3 is 2.69 bits per heavy atom. The fourth-order valence-electron chi connectivity index (χ4n) is 3.11. The number of aliphatic hydroxyl groups is 1. The first-order valence-corrected chi connectivity index (χ1v) is 8.58. The lowest BCUT2D eigenvalue weighted by molar-refractivity contribution is -0.210. The van der Waals surface area contributed by atoms with E-state index in [0.29, 0.717) is 5.75 Å².